The first kappa shape index (κ1) is 23.2. The summed E-state index contributed by atoms with van der Waals surface area (Å²) in [5.41, 5.74) is -2.09. The zero-order valence-corrected chi connectivity index (χ0v) is 18.0. The fraction of sp³-hybridized carbons (Fsp3) is 0.917. The lowest BCUT2D eigenvalue weighted by atomic mass is 9.51. The van der Waals surface area contributed by atoms with E-state index in [1.54, 1.807) is 0 Å². The van der Waals surface area contributed by atoms with Gasteiger partial charge in [-0.05, 0) is 44.4 Å². The van der Waals surface area contributed by atoms with E-state index >= 15 is 0 Å². The van der Waals surface area contributed by atoms with Gasteiger partial charge in [0.2, 0.25) is 0 Å². The third-order valence-corrected chi connectivity index (χ3v) is 7.87. The van der Waals surface area contributed by atoms with Crippen LogP contribution in [-0.2, 0) is 9.59 Å². The predicted molar refractivity (Wildman–Crippen MR) is 112 cm³/mol. The first-order valence-electron chi connectivity index (χ1n) is 12.0. The first-order valence-corrected chi connectivity index (χ1v) is 12.0. The van der Waals surface area contributed by atoms with Gasteiger partial charge in [-0.15, -0.1) is 0 Å². The fourth-order valence-electron chi connectivity index (χ4n) is 5.98. The molecule has 4 nitrogen and oxygen atoms in total. The van der Waals surface area contributed by atoms with E-state index < -0.39 is 22.8 Å². The molecule has 0 atom stereocenters. The number of carbonyl (C=O) groups is 2. The van der Waals surface area contributed by atoms with E-state index in [0.29, 0.717) is 31.6 Å². The van der Waals surface area contributed by atoms with Crippen LogP contribution in [0.3, 0.4) is 0 Å². The predicted octanol–water partition coefficient (Wildman–Crippen LogP) is 6.81. The van der Waals surface area contributed by atoms with Crippen molar-refractivity contribution in [3.05, 3.63) is 0 Å². The largest absolute Gasteiger partial charge is 0.481 e. The highest BCUT2D eigenvalue weighted by atomic mass is 16.4. The lowest BCUT2D eigenvalue weighted by Crippen LogP contribution is -2.55. The number of rotatable bonds is 12. The van der Waals surface area contributed by atoms with Gasteiger partial charge in [0.25, 0.3) is 0 Å². The summed E-state index contributed by atoms with van der Waals surface area (Å²) in [6.07, 6.45) is 18.4. The molecule has 0 radical (unpaired) electrons. The molecule has 2 N–H and O–H groups in total. The molecule has 2 rings (SSSR count). The molecule has 2 aliphatic rings. The van der Waals surface area contributed by atoms with Crippen molar-refractivity contribution in [2.75, 3.05) is 0 Å². The normalized spacial score (nSPS) is 27.4. The SMILES string of the molecule is CCCCCCCCCCC1CCC(C(=O)O)(C2(C(=O)O)CCCCC2)CC1. The Bertz CT molecular complexity index is 485. The summed E-state index contributed by atoms with van der Waals surface area (Å²) in [4.78, 5) is 24.6. The molecule has 2 aliphatic carbocycles. The van der Waals surface area contributed by atoms with Crippen molar-refractivity contribution in [2.24, 2.45) is 16.7 Å². The number of carboxylic acid groups (broad SMARTS) is 2. The van der Waals surface area contributed by atoms with Crippen molar-refractivity contribution in [2.45, 2.75) is 122 Å². The summed E-state index contributed by atoms with van der Waals surface area (Å²) >= 11 is 0. The van der Waals surface area contributed by atoms with Crippen LogP contribution >= 0.6 is 0 Å². The van der Waals surface area contributed by atoms with Gasteiger partial charge in [0.15, 0.2) is 0 Å². The van der Waals surface area contributed by atoms with Gasteiger partial charge >= 0.3 is 11.9 Å². The maximum Gasteiger partial charge on any atom is 0.310 e. The Morgan fingerprint density at radius 2 is 1.18 bits per heavy atom. The number of aliphatic carboxylic acids is 2. The highest BCUT2D eigenvalue weighted by Gasteiger charge is 2.61. The second-order valence-corrected chi connectivity index (χ2v) is 9.54. The molecule has 0 aromatic rings. The maximum atomic E-state index is 12.3. The topological polar surface area (TPSA) is 74.6 Å². The Kier molecular flexibility index (Phi) is 9.30. The maximum absolute atomic E-state index is 12.3. The number of hydrogen-bond acceptors (Lipinski definition) is 2. The van der Waals surface area contributed by atoms with E-state index in [1.165, 1.54) is 57.8 Å². The molecule has 0 aromatic carbocycles. The molecule has 0 aliphatic heterocycles. The Morgan fingerprint density at radius 1 is 0.714 bits per heavy atom. The quantitative estimate of drug-likeness (QED) is 0.356. The summed E-state index contributed by atoms with van der Waals surface area (Å²) in [5.74, 6) is -1.14. The van der Waals surface area contributed by atoms with Crippen LogP contribution < -0.4 is 0 Å². The molecule has 0 unspecified atom stereocenters. The van der Waals surface area contributed by atoms with E-state index in [1.807, 2.05) is 0 Å². The Morgan fingerprint density at radius 3 is 1.68 bits per heavy atom. The summed E-state index contributed by atoms with van der Waals surface area (Å²) in [5, 5.41) is 20.1. The molecule has 2 saturated carbocycles. The molecule has 28 heavy (non-hydrogen) atoms. The third-order valence-electron chi connectivity index (χ3n) is 7.87. The average molecular weight is 395 g/mol. The molecule has 162 valence electrons. The standard InChI is InChI=1S/C24H42O4/c1-2-3-4-5-6-7-8-10-13-20-14-18-24(19-15-20,22(27)28)23(21(25)26)16-11-9-12-17-23/h20H,2-19H2,1H3,(H,25,26)(H,27,28). The van der Waals surface area contributed by atoms with Crippen molar-refractivity contribution in [1.29, 1.82) is 0 Å². The summed E-state index contributed by atoms with van der Waals surface area (Å²) in [7, 11) is 0. The minimum absolute atomic E-state index is 0.539. The molecule has 0 heterocycles. The zero-order chi connectivity index (χ0) is 20.5. The molecular weight excluding hydrogens is 352 g/mol. The van der Waals surface area contributed by atoms with E-state index in [2.05, 4.69) is 6.92 Å². The van der Waals surface area contributed by atoms with E-state index in [0.717, 1.165) is 32.1 Å². The molecule has 0 amide bonds. The van der Waals surface area contributed by atoms with Crippen molar-refractivity contribution in [1.82, 2.24) is 0 Å². The highest BCUT2D eigenvalue weighted by molar-refractivity contribution is 5.87. The van der Waals surface area contributed by atoms with Crippen molar-refractivity contribution >= 4 is 11.9 Å². The molecule has 0 aromatic heterocycles. The van der Waals surface area contributed by atoms with E-state index in [9.17, 15) is 19.8 Å². The molecule has 0 saturated heterocycles. The lowest BCUT2D eigenvalue weighted by molar-refractivity contribution is -0.183. The van der Waals surface area contributed by atoms with Gasteiger partial charge in [0, 0.05) is 0 Å². The van der Waals surface area contributed by atoms with Gasteiger partial charge in [-0.1, -0.05) is 84.0 Å². The van der Waals surface area contributed by atoms with Crippen LogP contribution in [0, 0.1) is 16.7 Å². The van der Waals surface area contributed by atoms with Gasteiger partial charge in [-0.25, -0.2) is 0 Å². The Hall–Kier alpha value is -1.06. The van der Waals surface area contributed by atoms with Crippen LogP contribution in [0.5, 0.6) is 0 Å². The summed E-state index contributed by atoms with van der Waals surface area (Å²) in [6, 6.07) is 0. The van der Waals surface area contributed by atoms with Crippen LogP contribution in [0.4, 0.5) is 0 Å². The molecule has 0 spiro atoms. The monoisotopic (exact) mass is 394 g/mol. The highest BCUT2D eigenvalue weighted by Crippen LogP contribution is 2.58. The van der Waals surface area contributed by atoms with Gasteiger partial charge in [-0.3, -0.25) is 9.59 Å². The van der Waals surface area contributed by atoms with Gasteiger partial charge in [-0.2, -0.15) is 0 Å². The zero-order valence-electron chi connectivity index (χ0n) is 18.0. The van der Waals surface area contributed by atoms with Crippen LogP contribution in [0.2, 0.25) is 0 Å². The van der Waals surface area contributed by atoms with Crippen molar-refractivity contribution in [3.8, 4) is 0 Å². The molecule has 0 bridgehead atoms. The second-order valence-electron chi connectivity index (χ2n) is 9.54. The Labute approximate surface area is 171 Å². The second kappa shape index (κ2) is 11.2. The minimum Gasteiger partial charge on any atom is -0.481 e. The molecule has 4 heteroatoms. The molecule has 2 fully saturated rings. The van der Waals surface area contributed by atoms with Crippen molar-refractivity contribution < 1.29 is 19.8 Å². The lowest BCUT2D eigenvalue weighted by Gasteiger charge is -2.50. The van der Waals surface area contributed by atoms with Crippen LogP contribution in [0.15, 0.2) is 0 Å². The third kappa shape index (κ3) is 5.30. The van der Waals surface area contributed by atoms with E-state index in [4.69, 9.17) is 0 Å². The smallest absolute Gasteiger partial charge is 0.310 e. The van der Waals surface area contributed by atoms with Crippen LogP contribution in [0.1, 0.15) is 122 Å². The van der Waals surface area contributed by atoms with Crippen LogP contribution in [0.25, 0.3) is 0 Å². The minimum atomic E-state index is -1.05. The van der Waals surface area contributed by atoms with Gasteiger partial charge < -0.3 is 10.2 Å². The van der Waals surface area contributed by atoms with E-state index in [-0.39, 0.29) is 0 Å². The first-order chi connectivity index (χ1) is 13.5. The van der Waals surface area contributed by atoms with Gasteiger partial charge in [0.1, 0.15) is 0 Å². The number of unbranched alkanes of at least 4 members (excludes halogenated alkanes) is 7. The van der Waals surface area contributed by atoms with Crippen LogP contribution in [-0.4, -0.2) is 22.2 Å². The average Bonchev–Trinajstić information content (AvgIpc) is 2.70. The van der Waals surface area contributed by atoms with Crippen molar-refractivity contribution in [3.63, 3.8) is 0 Å². The Balaban J connectivity index is 1.82. The number of carboxylic acids is 2. The fourth-order valence-corrected chi connectivity index (χ4v) is 5.98. The van der Waals surface area contributed by atoms with Gasteiger partial charge in [0.05, 0.1) is 10.8 Å². The summed E-state index contributed by atoms with van der Waals surface area (Å²) < 4.78 is 0. The number of hydrogen-bond donors (Lipinski definition) is 2. The molecular formula is C24H42O4. The summed E-state index contributed by atoms with van der Waals surface area (Å²) in [6.45, 7) is 2.25.